The number of rotatable bonds is 9. The summed E-state index contributed by atoms with van der Waals surface area (Å²) in [4.78, 5) is 45.6. The van der Waals surface area contributed by atoms with Gasteiger partial charge < -0.3 is 20.4 Å². The van der Waals surface area contributed by atoms with Crippen molar-refractivity contribution in [3.63, 3.8) is 0 Å². The minimum absolute atomic E-state index is 0.194. The first-order valence-electron chi connectivity index (χ1n) is 7.36. The average molecular weight is 331 g/mol. The van der Waals surface area contributed by atoms with Crippen LogP contribution in [0.5, 0.6) is 0 Å². The van der Waals surface area contributed by atoms with Gasteiger partial charge in [0.1, 0.15) is 6.04 Å². The minimum Gasteiger partial charge on any atom is -0.481 e. The third-order valence-electron chi connectivity index (χ3n) is 4.10. The number of hydrogen-bond acceptors (Lipinski definition) is 5. The minimum atomic E-state index is -1.50. The first kappa shape index (κ1) is 18.9. The highest BCUT2D eigenvalue weighted by Gasteiger charge is 2.39. The van der Waals surface area contributed by atoms with Gasteiger partial charge in [-0.3, -0.25) is 24.1 Å². The number of hydrogen-bond donors (Lipinski definition) is 4. The van der Waals surface area contributed by atoms with E-state index in [1.54, 1.807) is 0 Å². The van der Waals surface area contributed by atoms with E-state index >= 15 is 0 Å². The Morgan fingerprint density at radius 2 is 1.52 bits per heavy atom. The number of carbonyl (C=O) groups is 4. The fourth-order valence-electron chi connectivity index (χ4n) is 3.21. The van der Waals surface area contributed by atoms with E-state index in [0.29, 0.717) is 12.8 Å². The molecule has 4 N–H and O–H groups in total. The van der Waals surface area contributed by atoms with Crippen LogP contribution in [0.25, 0.3) is 0 Å². The lowest BCUT2D eigenvalue weighted by atomic mass is 9.80. The van der Waals surface area contributed by atoms with Gasteiger partial charge in [-0.25, -0.2) is 0 Å². The number of aliphatic carboxylic acids is 4. The third-order valence-corrected chi connectivity index (χ3v) is 4.10. The summed E-state index contributed by atoms with van der Waals surface area (Å²) in [6.07, 6.45) is 1.57. The van der Waals surface area contributed by atoms with E-state index in [0.717, 1.165) is 17.7 Å². The maximum Gasteiger partial charge on any atom is 0.321 e. The second-order valence-electron chi connectivity index (χ2n) is 5.73. The van der Waals surface area contributed by atoms with Gasteiger partial charge in [0.2, 0.25) is 0 Å². The molecule has 0 aromatic heterocycles. The van der Waals surface area contributed by atoms with E-state index in [4.69, 9.17) is 15.3 Å². The van der Waals surface area contributed by atoms with Gasteiger partial charge in [0.15, 0.2) is 0 Å². The van der Waals surface area contributed by atoms with Crippen LogP contribution in [0, 0.1) is 5.92 Å². The fourth-order valence-corrected chi connectivity index (χ4v) is 3.21. The highest BCUT2D eigenvalue weighted by atomic mass is 16.4. The lowest BCUT2D eigenvalue weighted by Crippen LogP contribution is -2.54. The molecule has 0 aliphatic heterocycles. The molecule has 1 aliphatic rings. The van der Waals surface area contributed by atoms with Crippen LogP contribution in [0.3, 0.4) is 0 Å². The summed E-state index contributed by atoms with van der Waals surface area (Å²) in [6, 6.07) is -2.07. The first-order valence-corrected chi connectivity index (χ1v) is 7.36. The average Bonchev–Trinajstić information content (AvgIpc) is 2.42. The van der Waals surface area contributed by atoms with Crippen LogP contribution in [0.15, 0.2) is 0 Å². The maximum absolute atomic E-state index is 11.4. The molecular formula is C14H21NO8. The van der Waals surface area contributed by atoms with Crippen LogP contribution in [-0.4, -0.2) is 67.8 Å². The maximum atomic E-state index is 11.4. The Balaban J connectivity index is 3.09. The van der Waals surface area contributed by atoms with Crippen molar-refractivity contribution in [1.29, 1.82) is 0 Å². The lowest BCUT2D eigenvalue weighted by molar-refractivity contribution is -0.155. The van der Waals surface area contributed by atoms with Gasteiger partial charge in [-0.2, -0.15) is 0 Å². The van der Waals surface area contributed by atoms with Gasteiger partial charge in [-0.1, -0.05) is 12.8 Å². The molecule has 1 saturated carbocycles. The standard InChI is InChI=1S/C14H21NO8/c16-11(17)5-8-3-1-2-4-9(8)15(7-13(20)21)10(14(22)23)6-12(18)19/h8-10H,1-7H2,(H,16,17)(H,18,19)(H,20,21)(H,22,23). The molecule has 0 spiro atoms. The van der Waals surface area contributed by atoms with Crippen LogP contribution < -0.4 is 0 Å². The highest BCUT2D eigenvalue weighted by molar-refractivity contribution is 5.81. The van der Waals surface area contributed by atoms with E-state index in [9.17, 15) is 24.3 Å². The molecule has 1 rings (SSSR count). The van der Waals surface area contributed by atoms with Crippen molar-refractivity contribution in [3.8, 4) is 0 Å². The Morgan fingerprint density at radius 3 is 2.00 bits per heavy atom. The van der Waals surface area contributed by atoms with Crippen LogP contribution in [0.4, 0.5) is 0 Å². The van der Waals surface area contributed by atoms with E-state index in [-0.39, 0.29) is 6.42 Å². The first-order chi connectivity index (χ1) is 10.7. The fraction of sp³-hybridized carbons (Fsp3) is 0.714. The second-order valence-corrected chi connectivity index (χ2v) is 5.73. The van der Waals surface area contributed by atoms with Crippen LogP contribution in [0.2, 0.25) is 0 Å². The molecule has 9 nitrogen and oxygen atoms in total. The summed E-state index contributed by atoms with van der Waals surface area (Å²) < 4.78 is 0. The summed E-state index contributed by atoms with van der Waals surface area (Å²) in [6.45, 7) is -0.634. The van der Waals surface area contributed by atoms with Crippen molar-refractivity contribution in [2.75, 3.05) is 6.54 Å². The van der Waals surface area contributed by atoms with Crippen molar-refractivity contribution >= 4 is 23.9 Å². The van der Waals surface area contributed by atoms with Crippen LogP contribution >= 0.6 is 0 Å². The Kier molecular flexibility index (Phi) is 6.95. The zero-order valence-electron chi connectivity index (χ0n) is 12.6. The SMILES string of the molecule is O=C(O)CC1CCCCC1N(CC(=O)O)C(CC(=O)O)C(=O)O. The summed E-state index contributed by atoms with van der Waals surface area (Å²) in [7, 11) is 0. The summed E-state index contributed by atoms with van der Waals surface area (Å²) in [5.41, 5.74) is 0. The molecule has 9 heteroatoms. The molecular weight excluding hydrogens is 310 g/mol. The van der Waals surface area contributed by atoms with E-state index in [1.165, 1.54) is 0 Å². The second kappa shape index (κ2) is 8.47. The van der Waals surface area contributed by atoms with Gasteiger partial charge in [0.05, 0.1) is 13.0 Å². The van der Waals surface area contributed by atoms with Crippen molar-refractivity contribution in [3.05, 3.63) is 0 Å². The van der Waals surface area contributed by atoms with E-state index in [2.05, 4.69) is 0 Å². The monoisotopic (exact) mass is 331 g/mol. The molecule has 0 aromatic rings. The molecule has 0 saturated heterocycles. The molecule has 1 aliphatic carbocycles. The normalized spacial score (nSPS) is 22.5. The van der Waals surface area contributed by atoms with E-state index in [1.807, 2.05) is 0 Å². The Labute approximate surface area is 132 Å². The summed E-state index contributed by atoms with van der Waals surface area (Å²) >= 11 is 0. The molecule has 0 heterocycles. The Hall–Kier alpha value is -2.16. The summed E-state index contributed by atoms with van der Waals surface area (Å²) in [5.74, 6) is -5.48. The Bertz CT molecular complexity index is 477. The summed E-state index contributed by atoms with van der Waals surface area (Å²) in [5, 5.41) is 36.2. The molecule has 0 amide bonds. The highest BCUT2D eigenvalue weighted by Crippen LogP contribution is 2.32. The quantitative estimate of drug-likeness (QED) is 0.468. The molecule has 0 radical (unpaired) electrons. The van der Waals surface area contributed by atoms with Crippen molar-refractivity contribution < 1.29 is 39.6 Å². The van der Waals surface area contributed by atoms with Crippen molar-refractivity contribution in [2.24, 2.45) is 5.92 Å². The molecule has 130 valence electrons. The molecule has 3 unspecified atom stereocenters. The molecule has 1 fully saturated rings. The van der Waals surface area contributed by atoms with Crippen LogP contribution in [-0.2, 0) is 19.2 Å². The molecule has 0 aromatic carbocycles. The van der Waals surface area contributed by atoms with Gasteiger partial charge in [0, 0.05) is 12.5 Å². The van der Waals surface area contributed by atoms with E-state index < -0.39 is 54.8 Å². The van der Waals surface area contributed by atoms with Gasteiger partial charge in [-0.05, 0) is 18.8 Å². The number of carboxylic acid groups (broad SMARTS) is 4. The Morgan fingerprint density at radius 1 is 0.913 bits per heavy atom. The van der Waals surface area contributed by atoms with Gasteiger partial charge >= 0.3 is 23.9 Å². The zero-order valence-corrected chi connectivity index (χ0v) is 12.6. The van der Waals surface area contributed by atoms with Crippen LogP contribution in [0.1, 0.15) is 38.5 Å². The topological polar surface area (TPSA) is 152 Å². The molecule has 3 atom stereocenters. The smallest absolute Gasteiger partial charge is 0.321 e. The number of nitrogens with zero attached hydrogens (tertiary/aromatic N) is 1. The number of carboxylic acids is 4. The largest absolute Gasteiger partial charge is 0.481 e. The predicted molar refractivity (Wildman–Crippen MR) is 76.0 cm³/mol. The predicted octanol–water partition coefficient (Wildman–Crippen LogP) is 0.334. The van der Waals surface area contributed by atoms with Crippen molar-refractivity contribution in [2.45, 2.75) is 50.6 Å². The lowest BCUT2D eigenvalue weighted by Gasteiger charge is -2.41. The molecule has 23 heavy (non-hydrogen) atoms. The van der Waals surface area contributed by atoms with Gasteiger partial charge in [0.25, 0.3) is 0 Å². The van der Waals surface area contributed by atoms with Crippen molar-refractivity contribution in [1.82, 2.24) is 4.90 Å². The zero-order chi connectivity index (χ0) is 17.6. The third kappa shape index (κ3) is 5.85. The molecule has 0 bridgehead atoms. The van der Waals surface area contributed by atoms with Gasteiger partial charge in [-0.15, -0.1) is 0 Å².